The number of nitrogens with one attached hydrogen (secondary N) is 1. The first-order valence-corrected chi connectivity index (χ1v) is 7.64. The smallest absolute Gasteiger partial charge is 0.105 e. The number of hydrogen-bond acceptors (Lipinski definition) is 4. The zero-order chi connectivity index (χ0) is 13.7. The first-order valence-electron chi connectivity index (χ1n) is 7.64. The van der Waals surface area contributed by atoms with Crippen LogP contribution in [-0.4, -0.2) is 48.7 Å². The molecule has 3 aliphatic rings. The van der Waals surface area contributed by atoms with Gasteiger partial charge >= 0.3 is 0 Å². The zero-order valence-electron chi connectivity index (χ0n) is 12.3. The van der Waals surface area contributed by atoms with Crippen molar-refractivity contribution in [3.63, 3.8) is 0 Å². The third kappa shape index (κ3) is 2.13. The molecule has 2 heterocycles. The molecule has 1 saturated carbocycles. The fraction of sp³-hybridized carbons (Fsp3) is 1.00. The maximum atomic E-state index is 10.6. The Morgan fingerprint density at radius 2 is 2.05 bits per heavy atom. The van der Waals surface area contributed by atoms with Gasteiger partial charge in [-0.15, -0.1) is 0 Å². The summed E-state index contributed by atoms with van der Waals surface area (Å²) in [7, 11) is 0. The van der Waals surface area contributed by atoms with Crippen LogP contribution in [0.3, 0.4) is 0 Å². The molecule has 0 radical (unpaired) electrons. The van der Waals surface area contributed by atoms with E-state index in [1.165, 1.54) is 12.8 Å². The molecule has 4 nitrogen and oxygen atoms in total. The minimum Gasteiger partial charge on any atom is -0.386 e. The predicted octanol–water partition coefficient (Wildman–Crippen LogP) is 1.32. The van der Waals surface area contributed by atoms with Gasteiger partial charge in [-0.05, 0) is 19.8 Å². The van der Waals surface area contributed by atoms with Gasteiger partial charge < -0.3 is 19.9 Å². The molecule has 3 rings (SSSR count). The lowest BCUT2D eigenvalue weighted by Crippen LogP contribution is -2.70. The van der Waals surface area contributed by atoms with Crippen molar-refractivity contribution in [1.82, 2.24) is 5.32 Å². The molecule has 0 aromatic heterocycles. The lowest BCUT2D eigenvalue weighted by atomic mass is 9.55. The average Bonchev–Trinajstić information content (AvgIpc) is 2.70. The summed E-state index contributed by atoms with van der Waals surface area (Å²) in [5.41, 5.74) is -0.527. The monoisotopic (exact) mass is 269 g/mol. The van der Waals surface area contributed by atoms with Crippen LogP contribution >= 0.6 is 0 Å². The Kier molecular flexibility index (Phi) is 3.41. The highest BCUT2D eigenvalue weighted by atomic mass is 16.5. The van der Waals surface area contributed by atoms with E-state index in [2.05, 4.69) is 19.2 Å². The topological polar surface area (TPSA) is 50.7 Å². The van der Waals surface area contributed by atoms with Crippen molar-refractivity contribution in [2.24, 2.45) is 11.3 Å². The van der Waals surface area contributed by atoms with Crippen LogP contribution in [0.2, 0.25) is 0 Å². The van der Waals surface area contributed by atoms with Gasteiger partial charge in [-0.25, -0.2) is 0 Å². The molecule has 0 bridgehead atoms. The van der Waals surface area contributed by atoms with Gasteiger partial charge in [0.1, 0.15) is 5.60 Å². The van der Waals surface area contributed by atoms with Crippen molar-refractivity contribution in [3.05, 3.63) is 0 Å². The second-order valence-electron chi connectivity index (χ2n) is 7.14. The molecule has 110 valence electrons. The van der Waals surface area contributed by atoms with E-state index in [0.29, 0.717) is 31.2 Å². The third-order valence-electron chi connectivity index (χ3n) is 5.62. The number of hydrogen-bond donors (Lipinski definition) is 2. The summed E-state index contributed by atoms with van der Waals surface area (Å²) in [5.74, 6) is 0.616. The van der Waals surface area contributed by atoms with Crippen molar-refractivity contribution in [2.45, 2.75) is 63.9 Å². The van der Waals surface area contributed by atoms with Gasteiger partial charge in [-0.1, -0.05) is 13.8 Å². The second kappa shape index (κ2) is 4.69. The first kappa shape index (κ1) is 13.8. The van der Waals surface area contributed by atoms with Crippen LogP contribution in [-0.2, 0) is 9.47 Å². The van der Waals surface area contributed by atoms with Crippen molar-refractivity contribution in [1.29, 1.82) is 0 Å². The van der Waals surface area contributed by atoms with Gasteiger partial charge in [-0.3, -0.25) is 0 Å². The molecule has 2 aliphatic heterocycles. The van der Waals surface area contributed by atoms with Gasteiger partial charge in [0.15, 0.2) is 0 Å². The average molecular weight is 269 g/mol. The largest absolute Gasteiger partial charge is 0.386 e. The van der Waals surface area contributed by atoms with Crippen LogP contribution in [0.1, 0.15) is 40.0 Å². The van der Waals surface area contributed by atoms with Crippen LogP contribution in [0.25, 0.3) is 0 Å². The Labute approximate surface area is 115 Å². The SMILES string of the molecule is CC1OCCC1(O)CNC1C2CCCOC2C1(C)C. The van der Waals surface area contributed by atoms with Crippen LogP contribution in [0, 0.1) is 11.3 Å². The van der Waals surface area contributed by atoms with E-state index in [0.717, 1.165) is 13.0 Å². The number of aliphatic hydroxyl groups is 1. The summed E-state index contributed by atoms with van der Waals surface area (Å²) in [6.45, 7) is 8.72. The van der Waals surface area contributed by atoms with Crippen molar-refractivity contribution < 1.29 is 14.6 Å². The van der Waals surface area contributed by atoms with E-state index < -0.39 is 5.60 Å². The molecular weight excluding hydrogens is 242 g/mol. The molecule has 0 amide bonds. The van der Waals surface area contributed by atoms with Crippen molar-refractivity contribution in [3.8, 4) is 0 Å². The zero-order valence-corrected chi connectivity index (χ0v) is 12.3. The highest BCUT2D eigenvalue weighted by molar-refractivity contribution is 5.11. The standard InChI is InChI=1S/C15H27NO3/c1-10-15(17,6-8-18-10)9-16-12-11-5-4-7-19-13(11)14(12,2)3/h10-13,16-17H,4-9H2,1-3H3. The van der Waals surface area contributed by atoms with Crippen LogP contribution in [0.4, 0.5) is 0 Å². The Balaban J connectivity index is 1.61. The summed E-state index contributed by atoms with van der Waals surface area (Å²) in [6, 6.07) is 0.453. The Morgan fingerprint density at radius 1 is 1.26 bits per heavy atom. The molecule has 5 unspecified atom stereocenters. The maximum Gasteiger partial charge on any atom is 0.105 e. The van der Waals surface area contributed by atoms with Gasteiger partial charge in [0, 0.05) is 43.6 Å². The summed E-state index contributed by atoms with van der Waals surface area (Å²) in [5, 5.41) is 14.2. The maximum absolute atomic E-state index is 10.6. The lowest BCUT2D eigenvalue weighted by molar-refractivity contribution is -0.195. The van der Waals surface area contributed by atoms with Crippen LogP contribution in [0.5, 0.6) is 0 Å². The Bertz CT molecular complexity index is 346. The van der Waals surface area contributed by atoms with Crippen LogP contribution < -0.4 is 5.32 Å². The predicted molar refractivity (Wildman–Crippen MR) is 73.0 cm³/mol. The van der Waals surface area contributed by atoms with Gasteiger partial charge in [-0.2, -0.15) is 0 Å². The highest BCUT2D eigenvalue weighted by Crippen LogP contribution is 2.51. The Morgan fingerprint density at radius 3 is 2.74 bits per heavy atom. The van der Waals surface area contributed by atoms with Gasteiger partial charge in [0.2, 0.25) is 0 Å². The van der Waals surface area contributed by atoms with Gasteiger partial charge in [0.05, 0.1) is 12.2 Å². The van der Waals surface area contributed by atoms with Crippen molar-refractivity contribution in [2.75, 3.05) is 19.8 Å². The fourth-order valence-electron chi connectivity index (χ4n) is 4.23. The van der Waals surface area contributed by atoms with E-state index in [1.807, 2.05) is 6.92 Å². The van der Waals surface area contributed by atoms with E-state index in [9.17, 15) is 5.11 Å². The molecule has 0 aromatic rings. The highest BCUT2D eigenvalue weighted by Gasteiger charge is 2.58. The quantitative estimate of drug-likeness (QED) is 0.811. The van der Waals surface area contributed by atoms with Crippen LogP contribution in [0.15, 0.2) is 0 Å². The van der Waals surface area contributed by atoms with E-state index in [4.69, 9.17) is 9.47 Å². The molecule has 5 atom stereocenters. The minimum atomic E-state index is -0.698. The summed E-state index contributed by atoms with van der Waals surface area (Å²) in [6.07, 6.45) is 3.47. The normalized spacial score (nSPS) is 48.6. The second-order valence-corrected chi connectivity index (χ2v) is 7.14. The molecule has 19 heavy (non-hydrogen) atoms. The third-order valence-corrected chi connectivity index (χ3v) is 5.62. The first-order chi connectivity index (χ1) is 8.95. The van der Waals surface area contributed by atoms with Crippen molar-refractivity contribution >= 4 is 0 Å². The molecule has 0 spiro atoms. The van der Waals surface area contributed by atoms with E-state index >= 15 is 0 Å². The lowest BCUT2D eigenvalue weighted by Gasteiger charge is -2.60. The molecule has 0 aromatic carbocycles. The molecule has 3 fully saturated rings. The number of rotatable bonds is 3. The van der Waals surface area contributed by atoms with Gasteiger partial charge in [0.25, 0.3) is 0 Å². The molecule has 2 N–H and O–H groups in total. The minimum absolute atomic E-state index is 0.0680. The fourth-order valence-corrected chi connectivity index (χ4v) is 4.23. The summed E-state index contributed by atoms with van der Waals surface area (Å²) in [4.78, 5) is 0. The number of ether oxygens (including phenoxy) is 2. The Hall–Kier alpha value is -0.160. The number of fused-ring (bicyclic) bond motifs is 1. The molecular formula is C15H27NO3. The molecule has 4 heteroatoms. The molecule has 2 saturated heterocycles. The summed E-state index contributed by atoms with van der Waals surface area (Å²) < 4.78 is 11.4. The summed E-state index contributed by atoms with van der Waals surface area (Å²) >= 11 is 0. The van der Waals surface area contributed by atoms with E-state index in [-0.39, 0.29) is 11.5 Å². The van der Waals surface area contributed by atoms with E-state index in [1.54, 1.807) is 0 Å². The molecule has 1 aliphatic carbocycles.